The minimum absolute atomic E-state index is 0.0710. The number of carbonyl (C=O) groups excluding carboxylic acids is 1. The summed E-state index contributed by atoms with van der Waals surface area (Å²) in [5.74, 6) is 0.351. The highest BCUT2D eigenvalue weighted by Gasteiger charge is 2.58. The minimum atomic E-state index is -0.887. The number of amides is 1. The second-order valence-electron chi connectivity index (χ2n) is 8.95. The molecule has 5 heterocycles. The Morgan fingerprint density at radius 1 is 1.09 bits per heavy atom. The molecule has 3 aromatic rings. The third-order valence-electron chi connectivity index (χ3n) is 7.20. The lowest BCUT2D eigenvalue weighted by atomic mass is 9.89. The molecule has 3 aliphatic rings. The van der Waals surface area contributed by atoms with Crippen molar-refractivity contribution in [2.75, 3.05) is 25.1 Å². The second-order valence-corrected chi connectivity index (χ2v) is 8.95. The molecule has 1 amide bonds. The van der Waals surface area contributed by atoms with Crippen LogP contribution in [0.25, 0.3) is 5.52 Å². The summed E-state index contributed by atoms with van der Waals surface area (Å²) in [7, 11) is 1.63. The van der Waals surface area contributed by atoms with E-state index in [1.54, 1.807) is 18.2 Å². The summed E-state index contributed by atoms with van der Waals surface area (Å²) in [6, 6.07) is 8.92. The number of carbonyl (C=O) groups is 1. The molecule has 0 radical (unpaired) electrons. The van der Waals surface area contributed by atoms with Gasteiger partial charge < -0.3 is 19.3 Å². The zero-order chi connectivity index (χ0) is 22.7. The van der Waals surface area contributed by atoms with Gasteiger partial charge in [0.2, 0.25) is 0 Å². The largest absolute Gasteiger partial charge is 0.494 e. The average molecular weight is 454 g/mol. The van der Waals surface area contributed by atoms with Gasteiger partial charge in [0.15, 0.2) is 5.60 Å². The van der Waals surface area contributed by atoms with Gasteiger partial charge in [-0.3, -0.25) is 4.79 Å². The molecule has 3 aliphatic heterocycles. The van der Waals surface area contributed by atoms with Crippen LogP contribution >= 0.6 is 0 Å². The van der Waals surface area contributed by atoms with Crippen LogP contribution < -0.4 is 9.64 Å². The van der Waals surface area contributed by atoms with Gasteiger partial charge in [-0.2, -0.15) is 5.10 Å². The Morgan fingerprint density at radius 2 is 1.85 bits per heavy atom. The van der Waals surface area contributed by atoms with Crippen LogP contribution in [0.15, 0.2) is 42.6 Å². The molecule has 0 saturated carbocycles. The van der Waals surface area contributed by atoms with Crippen molar-refractivity contribution in [3.8, 4) is 5.75 Å². The van der Waals surface area contributed by atoms with Crippen LogP contribution in [0.4, 0.5) is 14.6 Å². The second kappa shape index (κ2) is 7.41. The predicted octanol–water partition coefficient (Wildman–Crippen LogP) is 3.68. The molecule has 172 valence electrons. The fourth-order valence-corrected chi connectivity index (χ4v) is 5.63. The molecule has 7 nitrogen and oxygen atoms in total. The Labute approximate surface area is 189 Å². The first kappa shape index (κ1) is 20.4. The number of piperidine rings is 1. The van der Waals surface area contributed by atoms with E-state index in [0.717, 1.165) is 23.2 Å². The molecule has 2 aromatic heterocycles. The summed E-state index contributed by atoms with van der Waals surface area (Å²) in [6.45, 7) is 1.26. The van der Waals surface area contributed by atoms with Crippen molar-refractivity contribution < 1.29 is 23.0 Å². The Bertz CT molecular complexity index is 1220. The highest BCUT2D eigenvalue weighted by molar-refractivity contribution is 5.88. The molecular weight excluding hydrogens is 430 g/mol. The highest BCUT2D eigenvalue weighted by Crippen LogP contribution is 2.48. The molecule has 3 fully saturated rings. The molecule has 1 aromatic carbocycles. The normalized spacial score (nSPS) is 24.2. The smallest absolute Gasteiger partial charge is 0.257 e. The van der Waals surface area contributed by atoms with Gasteiger partial charge >= 0.3 is 0 Å². The summed E-state index contributed by atoms with van der Waals surface area (Å²) in [4.78, 5) is 17.5. The lowest BCUT2D eigenvalue weighted by Gasteiger charge is -2.38. The predicted molar refractivity (Wildman–Crippen MR) is 116 cm³/mol. The molecule has 3 saturated heterocycles. The van der Waals surface area contributed by atoms with Crippen LogP contribution in [0.1, 0.15) is 37.3 Å². The van der Waals surface area contributed by atoms with Crippen LogP contribution in [0, 0.1) is 11.6 Å². The molecular formula is C24H24F2N4O3. The summed E-state index contributed by atoms with van der Waals surface area (Å²) < 4.78 is 41.3. The monoisotopic (exact) mass is 454 g/mol. The van der Waals surface area contributed by atoms with Gasteiger partial charge in [0.05, 0.1) is 19.3 Å². The van der Waals surface area contributed by atoms with Gasteiger partial charge in [0.1, 0.15) is 34.9 Å². The molecule has 1 spiro atoms. The molecule has 2 atom stereocenters. The fraction of sp³-hybridized carbons (Fsp3) is 0.417. The molecule has 6 rings (SSSR count). The quantitative estimate of drug-likeness (QED) is 0.604. The Balaban J connectivity index is 1.23. The van der Waals surface area contributed by atoms with Gasteiger partial charge in [0.25, 0.3) is 5.91 Å². The topological polar surface area (TPSA) is 59.3 Å². The van der Waals surface area contributed by atoms with Crippen molar-refractivity contribution in [2.24, 2.45) is 0 Å². The third-order valence-corrected chi connectivity index (χ3v) is 7.20. The number of anilines is 1. The number of hydrogen-bond donors (Lipinski definition) is 0. The van der Waals surface area contributed by atoms with E-state index in [-0.39, 0.29) is 18.2 Å². The van der Waals surface area contributed by atoms with Crippen LogP contribution in [0.5, 0.6) is 5.75 Å². The van der Waals surface area contributed by atoms with Gasteiger partial charge in [0, 0.05) is 32.0 Å². The number of methoxy groups -OCH3 is 1. The summed E-state index contributed by atoms with van der Waals surface area (Å²) >= 11 is 0. The van der Waals surface area contributed by atoms with Gasteiger partial charge in [-0.15, -0.1) is 0 Å². The summed E-state index contributed by atoms with van der Waals surface area (Å²) in [5.41, 5.74) is 0.483. The average Bonchev–Trinajstić information content (AvgIpc) is 3.50. The number of ether oxygens (including phenoxy) is 2. The number of benzene rings is 1. The fourth-order valence-electron chi connectivity index (χ4n) is 5.63. The van der Waals surface area contributed by atoms with E-state index in [4.69, 9.17) is 9.47 Å². The summed E-state index contributed by atoms with van der Waals surface area (Å²) in [6.07, 6.45) is 3.76. The number of halogens is 2. The third kappa shape index (κ3) is 3.09. The first-order valence-corrected chi connectivity index (χ1v) is 11.2. The minimum Gasteiger partial charge on any atom is -0.494 e. The maximum atomic E-state index is 13.8. The lowest BCUT2D eigenvalue weighted by molar-refractivity contribution is -0.140. The number of nitrogens with zero attached hydrogens (tertiary/aromatic N) is 4. The van der Waals surface area contributed by atoms with Crippen LogP contribution in [0.2, 0.25) is 0 Å². The van der Waals surface area contributed by atoms with E-state index in [0.29, 0.717) is 44.3 Å². The first-order valence-electron chi connectivity index (χ1n) is 11.2. The van der Waals surface area contributed by atoms with Crippen molar-refractivity contribution in [3.05, 3.63) is 59.8 Å². The van der Waals surface area contributed by atoms with E-state index in [9.17, 15) is 13.6 Å². The Kier molecular flexibility index (Phi) is 4.58. The maximum Gasteiger partial charge on any atom is 0.257 e. The number of hydrogen-bond acceptors (Lipinski definition) is 5. The van der Waals surface area contributed by atoms with Crippen molar-refractivity contribution in [1.29, 1.82) is 0 Å². The van der Waals surface area contributed by atoms with Crippen LogP contribution in [-0.2, 0) is 9.53 Å². The molecule has 33 heavy (non-hydrogen) atoms. The van der Waals surface area contributed by atoms with Gasteiger partial charge in [-0.05, 0) is 48.7 Å². The van der Waals surface area contributed by atoms with E-state index >= 15 is 0 Å². The van der Waals surface area contributed by atoms with E-state index < -0.39 is 17.2 Å². The molecule has 0 bridgehead atoms. The Morgan fingerprint density at radius 3 is 2.58 bits per heavy atom. The molecule has 2 unspecified atom stereocenters. The van der Waals surface area contributed by atoms with E-state index in [2.05, 4.69) is 10.00 Å². The highest BCUT2D eigenvalue weighted by atomic mass is 19.1. The van der Waals surface area contributed by atoms with Gasteiger partial charge in [-0.25, -0.2) is 13.3 Å². The van der Waals surface area contributed by atoms with Crippen LogP contribution in [0.3, 0.4) is 0 Å². The van der Waals surface area contributed by atoms with Crippen molar-refractivity contribution >= 4 is 17.2 Å². The number of fused-ring (bicyclic) bond motifs is 2. The molecule has 9 heteroatoms. The van der Waals surface area contributed by atoms with E-state index in [1.807, 2.05) is 22.7 Å². The SMILES string of the molecule is COc1ccc(N2CCC3(CC2)OC2CCC(c4cc(F)cc(F)c4)N2C3=O)n2nccc12. The van der Waals surface area contributed by atoms with E-state index in [1.165, 1.54) is 12.1 Å². The lowest BCUT2D eigenvalue weighted by Crippen LogP contribution is -2.50. The van der Waals surface area contributed by atoms with Crippen LogP contribution in [-0.4, -0.2) is 52.4 Å². The standard InChI is InChI=1S/C24H24F2N4O3/c1-32-20-3-4-21(30-19(20)6-9-27-30)28-10-7-24(8-11-28)23(31)29-18(2-5-22(29)33-24)15-12-16(25)14-17(26)13-15/h3-4,6,9,12-14,18,22H,2,5,7-8,10-11H2,1H3. The van der Waals surface area contributed by atoms with Crippen molar-refractivity contribution in [1.82, 2.24) is 14.5 Å². The zero-order valence-corrected chi connectivity index (χ0v) is 18.2. The van der Waals surface area contributed by atoms with Gasteiger partial charge in [-0.1, -0.05) is 0 Å². The number of rotatable bonds is 3. The summed E-state index contributed by atoms with van der Waals surface area (Å²) in [5, 5.41) is 4.44. The Hall–Kier alpha value is -3.20. The zero-order valence-electron chi connectivity index (χ0n) is 18.2. The maximum absolute atomic E-state index is 13.8. The van der Waals surface area contributed by atoms with Crippen molar-refractivity contribution in [2.45, 2.75) is 43.6 Å². The number of aromatic nitrogens is 2. The van der Waals surface area contributed by atoms with Crippen molar-refractivity contribution in [3.63, 3.8) is 0 Å². The first-order chi connectivity index (χ1) is 16.0. The molecule has 0 aliphatic carbocycles. The molecule has 0 N–H and O–H groups in total. The number of pyridine rings is 1.